The molecule has 2 aliphatic rings. The summed E-state index contributed by atoms with van der Waals surface area (Å²) < 4.78 is 0. The fraction of sp³-hybridized carbons (Fsp3) is 0.562. The van der Waals surface area contributed by atoms with E-state index in [1.165, 1.54) is 37.7 Å². The molecule has 102 valence electrons. The molecule has 19 heavy (non-hydrogen) atoms. The largest absolute Gasteiger partial charge is 0.311 e. The van der Waals surface area contributed by atoms with E-state index in [9.17, 15) is 4.79 Å². The lowest BCUT2D eigenvalue weighted by molar-refractivity contribution is -0.117. The van der Waals surface area contributed by atoms with Crippen LogP contribution in [0.4, 0.5) is 5.69 Å². The molecule has 0 saturated heterocycles. The SMILES string of the molecule is O=C1CNCc2ccccc2N1CC1CCCCC1. The van der Waals surface area contributed by atoms with Crippen molar-refractivity contribution in [2.24, 2.45) is 5.92 Å². The van der Waals surface area contributed by atoms with Gasteiger partial charge in [0.1, 0.15) is 0 Å². The minimum absolute atomic E-state index is 0.218. The average Bonchev–Trinajstić information content (AvgIpc) is 2.61. The second kappa shape index (κ2) is 5.74. The lowest BCUT2D eigenvalue weighted by Gasteiger charge is -2.29. The predicted molar refractivity (Wildman–Crippen MR) is 77.1 cm³/mol. The lowest BCUT2D eigenvalue weighted by Crippen LogP contribution is -2.39. The summed E-state index contributed by atoms with van der Waals surface area (Å²) in [5.74, 6) is 0.902. The highest BCUT2D eigenvalue weighted by Gasteiger charge is 2.25. The zero-order valence-electron chi connectivity index (χ0n) is 11.4. The summed E-state index contributed by atoms with van der Waals surface area (Å²) in [6.07, 6.45) is 6.57. The lowest BCUT2D eigenvalue weighted by atomic mass is 9.88. The second-order valence-corrected chi connectivity index (χ2v) is 5.74. The van der Waals surface area contributed by atoms with Crippen molar-refractivity contribution < 1.29 is 4.79 Å². The highest BCUT2D eigenvalue weighted by molar-refractivity contribution is 5.96. The van der Waals surface area contributed by atoms with Gasteiger partial charge in [0.25, 0.3) is 0 Å². The zero-order chi connectivity index (χ0) is 13.1. The molecular formula is C16H22N2O. The van der Waals surface area contributed by atoms with Gasteiger partial charge >= 0.3 is 0 Å². The van der Waals surface area contributed by atoms with Crippen LogP contribution in [0.3, 0.4) is 0 Å². The van der Waals surface area contributed by atoms with E-state index >= 15 is 0 Å². The number of fused-ring (bicyclic) bond motifs is 1. The Morgan fingerprint density at radius 1 is 1.11 bits per heavy atom. The standard InChI is InChI=1S/C16H22N2O/c19-16-11-17-10-14-8-4-5-9-15(14)18(16)12-13-6-2-1-3-7-13/h4-5,8-9,13,17H,1-3,6-7,10-12H2. The van der Waals surface area contributed by atoms with Crippen LogP contribution in [0.2, 0.25) is 0 Å². The number of rotatable bonds is 2. The quantitative estimate of drug-likeness (QED) is 0.884. The highest BCUT2D eigenvalue weighted by Crippen LogP contribution is 2.29. The van der Waals surface area contributed by atoms with Crippen LogP contribution < -0.4 is 10.2 Å². The Balaban J connectivity index is 1.82. The summed E-state index contributed by atoms with van der Waals surface area (Å²) >= 11 is 0. The van der Waals surface area contributed by atoms with Crippen LogP contribution in [0, 0.1) is 5.92 Å². The fourth-order valence-electron chi connectivity index (χ4n) is 3.29. The van der Waals surface area contributed by atoms with Crippen LogP contribution in [0.1, 0.15) is 37.7 Å². The maximum Gasteiger partial charge on any atom is 0.240 e. The van der Waals surface area contributed by atoms with Gasteiger partial charge in [-0.3, -0.25) is 4.79 Å². The first kappa shape index (κ1) is 12.7. The van der Waals surface area contributed by atoms with Gasteiger partial charge in [-0.1, -0.05) is 37.5 Å². The Bertz CT molecular complexity index is 452. The van der Waals surface area contributed by atoms with Gasteiger partial charge in [0.15, 0.2) is 0 Å². The van der Waals surface area contributed by atoms with E-state index in [0.29, 0.717) is 12.5 Å². The predicted octanol–water partition coefficient (Wildman–Crippen LogP) is 2.70. The number of nitrogens with zero attached hydrogens (tertiary/aromatic N) is 1. The van der Waals surface area contributed by atoms with Crippen molar-refractivity contribution in [2.75, 3.05) is 18.0 Å². The summed E-state index contributed by atoms with van der Waals surface area (Å²) in [5, 5.41) is 3.23. The zero-order valence-corrected chi connectivity index (χ0v) is 11.4. The highest BCUT2D eigenvalue weighted by atomic mass is 16.2. The molecule has 1 amide bonds. The van der Waals surface area contributed by atoms with Gasteiger partial charge in [0.2, 0.25) is 5.91 Å². The van der Waals surface area contributed by atoms with Crippen molar-refractivity contribution in [3.63, 3.8) is 0 Å². The first-order valence-electron chi connectivity index (χ1n) is 7.43. The third-order valence-corrected chi connectivity index (χ3v) is 4.34. The minimum atomic E-state index is 0.218. The van der Waals surface area contributed by atoms with E-state index in [2.05, 4.69) is 23.5 Å². The summed E-state index contributed by atoms with van der Waals surface area (Å²) in [5.41, 5.74) is 2.35. The van der Waals surface area contributed by atoms with Gasteiger partial charge in [-0.05, 0) is 30.4 Å². The van der Waals surface area contributed by atoms with Gasteiger partial charge in [0.05, 0.1) is 6.54 Å². The first-order valence-corrected chi connectivity index (χ1v) is 7.43. The maximum atomic E-state index is 12.3. The summed E-state index contributed by atoms with van der Waals surface area (Å²) in [4.78, 5) is 14.3. The number of nitrogens with one attached hydrogen (secondary N) is 1. The van der Waals surface area contributed by atoms with Crippen LogP contribution in [0.25, 0.3) is 0 Å². The summed E-state index contributed by atoms with van der Waals surface area (Å²) in [6, 6.07) is 8.29. The number of benzene rings is 1. The molecule has 1 heterocycles. The molecule has 0 bridgehead atoms. The minimum Gasteiger partial charge on any atom is -0.311 e. The number of anilines is 1. The molecular weight excluding hydrogens is 236 g/mol. The Morgan fingerprint density at radius 2 is 1.89 bits per heavy atom. The first-order chi connectivity index (χ1) is 9.34. The van der Waals surface area contributed by atoms with E-state index in [0.717, 1.165) is 18.8 Å². The Kier molecular flexibility index (Phi) is 3.83. The molecule has 0 radical (unpaired) electrons. The van der Waals surface area contributed by atoms with Crippen molar-refractivity contribution in [1.82, 2.24) is 5.32 Å². The van der Waals surface area contributed by atoms with Crippen molar-refractivity contribution in [3.05, 3.63) is 29.8 Å². The molecule has 3 heteroatoms. The second-order valence-electron chi connectivity index (χ2n) is 5.74. The number of carbonyl (C=O) groups excluding carboxylic acids is 1. The molecule has 0 aromatic heterocycles. The number of hydrogen-bond donors (Lipinski definition) is 1. The van der Waals surface area contributed by atoms with E-state index in [4.69, 9.17) is 0 Å². The molecule has 1 saturated carbocycles. The molecule has 0 atom stereocenters. The number of para-hydroxylation sites is 1. The van der Waals surface area contributed by atoms with Crippen LogP contribution in [-0.2, 0) is 11.3 Å². The van der Waals surface area contributed by atoms with Gasteiger partial charge in [-0.15, -0.1) is 0 Å². The van der Waals surface area contributed by atoms with E-state index < -0.39 is 0 Å². The molecule has 1 aromatic rings. The Labute approximate surface area is 115 Å². The van der Waals surface area contributed by atoms with Crippen LogP contribution in [0.15, 0.2) is 24.3 Å². The van der Waals surface area contributed by atoms with Gasteiger partial charge < -0.3 is 10.2 Å². The topological polar surface area (TPSA) is 32.3 Å². The number of carbonyl (C=O) groups is 1. The molecule has 1 N–H and O–H groups in total. The molecule has 0 unspecified atom stereocenters. The smallest absolute Gasteiger partial charge is 0.240 e. The fourth-order valence-corrected chi connectivity index (χ4v) is 3.29. The molecule has 3 nitrogen and oxygen atoms in total. The van der Waals surface area contributed by atoms with Crippen LogP contribution in [0.5, 0.6) is 0 Å². The Hall–Kier alpha value is -1.35. The molecule has 3 rings (SSSR count). The van der Waals surface area contributed by atoms with Gasteiger partial charge in [0, 0.05) is 18.8 Å². The summed E-state index contributed by atoms with van der Waals surface area (Å²) in [6.45, 7) is 2.15. The van der Waals surface area contributed by atoms with Crippen molar-refractivity contribution >= 4 is 11.6 Å². The van der Waals surface area contributed by atoms with Crippen LogP contribution in [-0.4, -0.2) is 19.0 Å². The van der Waals surface area contributed by atoms with E-state index in [1.807, 2.05) is 11.0 Å². The van der Waals surface area contributed by atoms with E-state index in [1.54, 1.807) is 0 Å². The van der Waals surface area contributed by atoms with Crippen molar-refractivity contribution in [1.29, 1.82) is 0 Å². The maximum absolute atomic E-state index is 12.3. The van der Waals surface area contributed by atoms with Gasteiger partial charge in [-0.25, -0.2) is 0 Å². The molecule has 1 aliphatic carbocycles. The van der Waals surface area contributed by atoms with E-state index in [-0.39, 0.29) is 5.91 Å². The normalized spacial score (nSPS) is 21.1. The van der Waals surface area contributed by atoms with Crippen molar-refractivity contribution in [3.8, 4) is 0 Å². The molecule has 1 aliphatic heterocycles. The molecule has 1 fully saturated rings. The number of amides is 1. The summed E-state index contributed by atoms with van der Waals surface area (Å²) in [7, 11) is 0. The Morgan fingerprint density at radius 3 is 2.74 bits per heavy atom. The van der Waals surface area contributed by atoms with Crippen molar-refractivity contribution in [2.45, 2.75) is 38.6 Å². The number of hydrogen-bond acceptors (Lipinski definition) is 2. The third-order valence-electron chi connectivity index (χ3n) is 4.34. The average molecular weight is 258 g/mol. The molecule has 1 aromatic carbocycles. The van der Waals surface area contributed by atoms with Gasteiger partial charge in [-0.2, -0.15) is 0 Å². The third kappa shape index (κ3) is 2.81. The molecule has 0 spiro atoms. The van der Waals surface area contributed by atoms with Crippen LogP contribution >= 0.6 is 0 Å². The monoisotopic (exact) mass is 258 g/mol.